The Morgan fingerprint density at radius 1 is 1.12 bits per heavy atom. The van der Waals surface area contributed by atoms with Gasteiger partial charge in [-0.2, -0.15) is 0 Å². The van der Waals surface area contributed by atoms with Crippen molar-refractivity contribution < 1.29 is 9.90 Å². The van der Waals surface area contributed by atoms with Crippen LogP contribution < -0.4 is 5.32 Å². The van der Waals surface area contributed by atoms with Crippen LogP contribution in [0.2, 0.25) is 0 Å². The highest BCUT2D eigenvalue weighted by molar-refractivity contribution is 5.88. The summed E-state index contributed by atoms with van der Waals surface area (Å²) in [5.41, 5.74) is 4.31. The van der Waals surface area contributed by atoms with Gasteiger partial charge in [-0.25, -0.2) is 0 Å². The third kappa shape index (κ3) is 3.66. The van der Waals surface area contributed by atoms with Gasteiger partial charge in [-0.3, -0.25) is 4.79 Å². The molecule has 4 nitrogen and oxygen atoms in total. The monoisotopic (exact) mass is 322 g/mol. The molecule has 24 heavy (non-hydrogen) atoms. The van der Waals surface area contributed by atoms with Crippen molar-refractivity contribution in [2.45, 2.75) is 25.8 Å². The van der Waals surface area contributed by atoms with Crippen LogP contribution in [0.3, 0.4) is 0 Å². The van der Waals surface area contributed by atoms with Crippen LogP contribution in [0.5, 0.6) is 0 Å². The highest BCUT2D eigenvalue weighted by Gasteiger charge is 2.15. The van der Waals surface area contributed by atoms with Gasteiger partial charge in [-0.05, 0) is 36.1 Å². The fraction of sp³-hybridized carbons (Fsp3) is 0.250. The smallest absolute Gasteiger partial charge is 0.224 e. The first-order chi connectivity index (χ1) is 11.7. The number of rotatable bonds is 6. The summed E-state index contributed by atoms with van der Waals surface area (Å²) in [5, 5.41) is 13.6. The van der Waals surface area contributed by atoms with Crippen LogP contribution in [0.25, 0.3) is 10.9 Å². The van der Waals surface area contributed by atoms with E-state index in [0.717, 1.165) is 22.0 Å². The van der Waals surface area contributed by atoms with E-state index < -0.39 is 0 Å². The molecule has 3 N–H and O–H groups in total. The number of fused-ring (bicyclic) bond motifs is 1. The average molecular weight is 322 g/mol. The van der Waals surface area contributed by atoms with E-state index in [1.807, 2.05) is 61.7 Å². The molecule has 1 atom stereocenters. The maximum absolute atomic E-state index is 12.4. The van der Waals surface area contributed by atoms with Crippen molar-refractivity contribution >= 4 is 16.8 Å². The van der Waals surface area contributed by atoms with Crippen molar-refractivity contribution in [2.24, 2.45) is 0 Å². The van der Waals surface area contributed by atoms with Crippen LogP contribution in [0, 0.1) is 6.92 Å². The number of aliphatic hydroxyl groups is 1. The summed E-state index contributed by atoms with van der Waals surface area (Å²) in [6.07, 6.45) is 2.80. The predicted molar refractivity (Wildman–Crippen MR) is 95.9 cm³/mol. The first-order valence-electron chi connectivity index (χ1n) is 8.17. The minimum Gasteiger partial charge on any atom is -0.394 e. The first kappa shape index (κ1) is 16.3. The zero-order valence-electron chi connectivity index (χ0n) is 13.8. The normalized spacial score (nSPS) is 12.2. The Morgan fingerprint density at radius 3 is 2.67 bits per heavy atom. The summed E-state index contributed by atoms with van der Waals surface area (Å²) < 4.78 is 0. The number of hydrogen-bond acceptors (Lipinski definition) is 2. The Morgan fingerprint density at radius 2 is 1.88 bits per heavy atom. The topological polar surface area (TPSA) is 65.1 Å². The molecule has 4 heteroatoms. The molecule has 0 aliphatic heterocycles. The summed E-state index contributed by atoms with van der Waals surface area (Å²) in [4.78, 5) is 15.5. The van der Waals surface area contributed by atoms with Crippen LogP contribution in [-0.4, -0.2) is 28.6 Å². The molecule has 0 aliphatic carbocycles. The van der Waals surface area contributed by atoms with Crippen molar-refractivity contribution in [2.75, 3.05) is 6.61 Å². The third-order valence-electron chi connectivity index (χ3n) is 4.34. The van der Waals surface area contributed by atoms with Gasteiger partial charge < -0.3 is 15.4 Å². The highest BCUT2D eigenvalue weighted by Crippen LogP contribution is 2.18. The van der Waals surface area contributed by atoms with Gasteiger partial charge in [0.2, 0.25) is 5.91 Å². The number of para-hydroxylation sites is 1. The SMILES string of the molecule is Cc1ccccc1C[C@@H](CO)NC(=O)Cc1c[nH]c2ccccc12. The lowest BCUT2D eigenvalue weighted by molar-refractivity contribution is -0.121. The van der Waals surface area contributed by atoms with E-state index in [2.05, 4.69) is 10.3 Å². The van der Waals surface area contributed by atoms with Gasteiger partial charge in [0, 0.05) is 17.1 Å². The van der Waals surface area contributed by atoms with E-state index in [4.69, 9.17) is 0 Å². The molecule has 0 saturated heterocycles. The minimum absolute atomic E-state index is 0.0754. The quantitative estimate of drug-likeness (QED) is 0.653. The van der Waals surface area contributed by atoms with Crippen LogP contribution in [0.15, 0.2) is 54.7 Å². The molecule has 2 aromatic carbocycles. The first-order valence-corrected chi connectivity index (χ1v) is 8.17. The highest BCUT2D eigenvalue weighted by atomic mass is 16.3. The van der Waals surface area contributed by atoms with E-state index in [0.29, 0.717) is 12.8 Å². The van der Waals surface area contributed by atoms with Gasteiger partial charge in [0.25, 0.3) is 0 Å². The lowest BCUT2D eigenvalue weighted by Crippen LogP contribution is -2.40. The maximum Gasteiger partial charge on any atom is 0.224 e. The largest absolute Gasteiger partial charge is 0.394 e. The number of nitrogens with one attached hydrogen (secondary N) is 2. The molecule has 0 bridgehead atoms. The Kier molecular flexibility index (Phi) is 4.96. The van der Waals surface area contributed by atoms with Gasteiger partial charge in [0.1, 0.15) is 0 Å². The lowest BCUT2D eigenvalue weighted by atomic mass is 10.0. The van der Waals surface area contributed by atoms with Gasteiger partial charge in [0.15, 0.2) is 0 Å². The molecular formula is C20H22N2O2. The van der Waals surface area contributed by atoms with Crippen LogP contribution in [0.1, 0.15) is 16.7 Å². The van der Waals surface area contributed by atoms with Crippen molar-refractivity contribution in [1.29, 1.82) is 0 Å². The number of aromatic nitrogens is 1. The molecule has 0 unspecified atom stereocenters. The zero-order chi connectivity index (χ0) is 16.9. The van der Waals surface area contributed by atoms with Crippen LogP contribution >= 0.6 is 0 Å². The van der Waals surface area contributed by atoms with E-state index in [1.165, 1.54) is 5.56 Å². The number of carbonyl (C=O) groups excluding carboxylic acids is 1. The summed E-state index contributed by atoms with van der Waals surface area (Å²) in [6, 6.07) is 15.7. The Bertz CT molecular complexity index is 838. The molecule has 3 aromatic rings. The number of amides is 1. The molecule has 1 amide bonds. The van der Waals surface area contributed by atoms with Crippen LogP contribution in [0.4, 0.5) is 0 Å². The molecular weight excluding hydrogens is 300 g/mol. The summed E-state index contributed by atoms with van der Waals surface area (Å²) >= 11 is 0. The fourth-order valence-electron chi connectivity index (χ4n) is 3.00. The number of aryl methyl sites for hydroxylation is 1. The molecule has 3 rings (SSSR count). The third-order valence-corrected chi connectivity index (χ3v) is 4.34. The maximum atomic E-state index is 12.4. The second-order valence-corrected chi connectivity index (χ2v) is 6.11. The van der Waals surface area contributed by atoms with Gasteiger partial charge >= 0.3 is 0 Å². The number of benzene rings is 2. The molecule has 0 saturated carbocycles. The van der Waals surface area contributed by atoms with E-state index >= 15 is 0 Å². The molecule has 0 spiro atoms. The molecule has 0 radical (unpaired) electrons. The lowest BCUT2D eigenvalue weighted by Gasteiger charge is -2.17. The number of H-pyrrole nitrogens is 1. The second-order valence-electron chi connectivity index (χ2n) is 6.11. The summed E-state index contributed by atoms with van der Waals surface area (Å²) in [5.74, 6) is -0.0765. The van der Waals surface area contributed by atoms with E-state index in [1.54, 1.807) is 0 Å². The summed E-state index contributed by atoms with van der Waals surface area (Å²) in [6.45, 7) is 1.96. The standard InChI is InChI=1S/C20H22N2O2/c1-14-6-2-3-7-15(14)10-17(13-23)22-20(24)11-16-12-21-19-9-5-4-8-18(16)19/h2-9,12,17,21,23H,10-11,13H2,1H3,(H,22,24)/t17-/m0/s1. The number of aliphatic hydroxyl groups excluding tert-OH is 1. The minimum atomic E-state index is -0.274. The Balaban J connectivity index is 1.65. The van der Waals surface area contributed by atoms with E-state index in [-0.39, 0.29) is 18.6 Å². The second kappa shape index (κ2) is 7.32. The number of carbonyl (C=O) groups is 1. The average Bonchev–Trinajstić information content (AvgIpc) is 2.99. The zero-order valence-corrected chi connectivity index (χ0v) is 13.8. The molecule has 124 valence electrons. The van der Waals surface area contributed by atoms with Gasteiger partial charge in [-0.15, -0.1) is 0 Å². The molecule has 0 aliphatic rings. The van der Waals surface area contributed by atoms with Crippen LogP contribution in [-0.2, 0) is 17.6 Å². The van der Waals surface area contributed by atoms with Crippen molar-refractivity contribution in [1.82, 2.24) is 10.3 Å². The van der Waals surface area contributed by atoms with Crippen molar-refractivity contribution in [3.05, 3.63) is 71.4 Å². The Labute approximate surface area is 141 Å². The fourth-order valence-corrected chi connectivity index (χ4v) is 3.00. The number of aromatic amines is 1. The van der Waals surface area contributed by atoms with Gasteiger partial charge in [-0.1, -0.05) is 42.5 Å². The van der Waals surface area contributed by atoms with Gasteiger partial charge in [0.05, 0.1) is 19.1 Å². The summed E-state index contributed by atoms with van der Waals surface area (Å²) in [7, 11) is 0. The molecule has 0 fully saturated rings. The van der Waals surface area contributed by atoms with Crippen molar-refractivity contribution in [3.63, 3.8) is 0 Å². The number of hydrogen-bond donors (Lipinski definition) is 3. The molecule has 1 heterocycles. The predicted octanol–water partition coefficient (Wildman–Crippen LogP) is 2.74. The Hall–Kier alpha value is -2.59. The van der Waals surface area contributed by atoms with Crippen molar-refractivity contribution in [3.8, 4) is 0 Å². The molecule has 1 aromatic heterocycles. The van der Waals surface area contributed by atoms with E-state index in [9.17, 15) is 9.90 Å².